The first-order valence-electron chi connectivity index (χ1n) is 19.3. The molecule has 1 aliphatic heterocycles. The third-order valence-corrected chi connectivity index (χ3v) is 10.8. The number of hydrogen-bond acceptors (Lipinski definition) is 6. The minimum atomic E-state index is -0.0583. The Morgan fingerprint density at radius 3 is 2.26 bits per heavy atom. The first kappa shape index (κ1) is 35.5. The van der Waals surface area contributed by atoms with Crippen LogP contribution in [0.15, 0.2) is 103 Å². The van der Waals surface area contributed by atoms with Gasteiger partial charge < -0.3 is 24.5 Å². The summed E-state index contributed by atoms with van der Waals surface area (Å²) in [5.74, 6) is 1.99. The fraction of sp³-hybridized carbons (Fsp3) is 0.311. The van der Waals surface area contributed by atoms with Crippen molar-refractivity contribution < 1.29 is 9.53 Å². The molecule has 3 N–H and O–H groups in total. The topological polar surface area (TPSA) is 102 Å². The highest BCUT2D eigenvalue weighted by Gasteiger charge is 2.33. The molecule has 1 fully saturated rings. The molecule has 0 radical (unpaired) electrons. The van der Waals surface area contributed by atoms with Crippen molar-refractivity contribution >= 4 is 49.5 Å². The third kappa shape index (κ3) is 6.85. The summed E-state index contributed by atoms with van der Waals surface area (Å²) in [4.78, 5) is 34.4. The highest BCUT2D eigenvalue weighted by molar-refractivity contribution is 6.07. The van der Waals surface area contributed by atoms with Crippen molar-refractivity contribution in [3.05, 3.63) is 120 Å². The maximum atomic E-state index is 12.7. The van der Waals surface area contributed by atoms with Gasteiger partial charge in [0, 0.05) is 43.1 Å². The van der Waals surface area contributed by atoms with Gasteiger partial charge in [-0.05, 0) is 77.4 Å². The van der Waals surface area contributed by atoms with Crippen molar-refractivity contribution in [1.29, 1.82) is 0 Å². The summed E-state index contributed by atoms with van der Waals surface area (Å²) in [6, 6.07) is 32.4. The normalized spacial score (nSPS) is 15.2. The Kier molecular flexibility index (Phi) is 10.2. The minimum Gasteiger partial charge on any atom is -0.370 e. The van der Waals surface area contributed by atoms with E-state index in [4.69, 9.17) is 14.7 Å². The van der Waals surface area contributed by atoms with E-state index in [2.05, 4.69) is 119 Å². The van der Waals surface area contributed by atoms with Crippen LogP contribution in [0.5, 0.6) is 0 Å². The number of imidazole rings is 2. The van der Waals surface area contributed by atoms with Crippen LogP contribution in [0.4, 0.5) is 0 Å². The maximum absolute atomic E-state index is 12.7. The van der Waals surface area contributed by atoms with Gasteiger partial charge >= 0.3 is 0 Å². The van der Waals surface area contributed by atoms with Crippen LogP contribution >= 0.6 is 0 Å². The second kappa shape index (κ2) is 15.5. The van der Waals surface area contributed by atoms with Gasteiger partial charge in [0.15, 0.2) is 0 Å². The Hall–Kier alpha value is -5.51. The average molecular weight is 720 g/mol. The quantitative estimate of drug-likeness (QED) is 0.0969. The first-order chi connectivity index (χ1) is 26.4. The number of methoxy groups -OCH3 is 1. The largest absolute Gasteiger partial charge is 0.370 e. The second-order valence-corrected chi connectivity index (χ2v) is 14.5. The van der Waals surface area contributed by atoms with Gasteiger partial charge in [-0.15, -0.1) is 0 Å². The molecule has 2 atom stereocenters. The summed E-state index contributed by atoms with van der Waals surface area (Å²) < 4.78 is 5.40. The second-order valence-electron chi connectivity index (χ2n) is 14.5. The number of aromatic nitrogens is 4. The Balaban J connectivity index is 1.06. The van der Waals surface area contributed by atoms with Crippen molar-refractivity contribution in [2.45, 2.75) is 64.6 Å². The van der Waals surface area contributed by atoms with Crippen LogP contribution in [-0.4, -0.2) is 62.6 Å². The number of benzene rings is 5. The molecule has 0 bridgehead atoms. The van der Waals surface area contributed by atoms with Gasteiger partial charge in [-0.2, -0.15) is 0 Å². The fourth-order valence-corrected chi connectivity index (χ4v) is 8.18. The Labute approximate surface area is 316 Å². The number of fused-ring (bicyclic) bond motifs is 6. The molecular formula is C45H49N7O2. The first-order valence-corrected chi connectivity index (χ1v) is 19.3. The van der Waals surface area contributed by atoms with Crippen LogP contribution in [0, 0.1) is 0 Å². The molecule has 0 spiro atoms. The molecule has 1 aliphatic rings. The molecule has 5 aromatic carbocycles. The van der Waals surface area contributed by atoms with Crippen LogP contribution in [-0.2, 0) is 16.1 Å². The molecule has 3 heterocycles. The van der Waals surface area contributed by atoms with Crippen LogP contribution < -0.4 is 5.32 Å². The minimum absolute atomic E-state index is 0.0583. The van der Waals surface area contributed by atoms with Crippen molar-refractivity contribution in [3.8, 4) is 11.1 Å². The summed E-state index contributed by atoms with van der Waals surface area (Å²) >= 11 is 0. The Bertz CT molecular complexity index is 2450. The van der Waals surface area contributed by atoms with Gasteiger partial charge in [0.25, 0.3) is 0 Å². The molecule has 8 rings (SSSR count). The van der Waals surface area contributed by atoms with E-state index in [1.54, 1.807) is 7.11 Å². The van der Waals surface area contributed by atoms with E-state index in [-0.39, 0.29) is 18.0 Å². The van der Waals surface area contributed by atoms with E-state index in [1.165, 1.54) is 0 Å². The summed E-state index contributed by atoms with van der Waals surface area (Å²) in [5.41, 5.74) is 8.46. The molecular weight excluding hydrogens is 671 g/mol. The Morgan fingerprint density at radius 1 is 0.907 bits per heavy atom. The number of aromatic amines is 2. The molecule has 1 saturated heterocycles. The van der Waals surface area contributed by atoms with Gasteiger partial charge in [-0.25, -0.2) is 9.97 Å². The number of nitrogens with zero attached hydrogens (tertiary/aromatic N) is 4. The number of likely N-dealkylation sites (tertiary alicyclic amines) is 1. The third-order valence-electron chi connectivity index (χ3n) is 10.8. The molecule has 54 heavy (non-hydrogen) atoms. The molecule has 2 aromatic heterocycles. The van der Waals surface area contributed by atoms with Crippen molar-refractivity contribution in [1.82, 2.24) is 35.1 Å². The summed E-state index contributed by atoms with van der Waals surface area (Å²) in [7, 11) is 1.70. The fourth-order valence-electron chi connectivity index (χ4n) is 8.18. The predicted molar refractivity (Wildman–Crippen MR) is 219 cm³/mol. The number of carbonyl (C=O) groups is 1. The standard InChI is InChI=1S/C45H49N7O2/c1-5-11-41(53)51(23-6-2)27-40-47-37-21-17-33-25-31(15-19-35(33)43(37)49-40)32-16-20-36-34(26-32)18-22-38-44(36)50-45(48-38)39-14-10-24-52(39)29(3)42(46-28-54-4)30-12-8-7-9-13-30/h7-9,12-13,15-22,25-26,39,42,46H,3,5-6,10-11,14,23-24,27-28H2,1-2,4H3,(H,47,49)(H,48,50)/t39-,42?/m0/s1. The zero-order valence-electron chi connectivity index (χ0n) is 31.5. The van der Waals surface area contributed by atoms with Crippen LogP contribution in [0.3, 0.4) is 0 Å². The van der Waals surface area contributed by atoms with E-state index in [0.717, 1.165) is 116 Å². The van der Waals surface area contributed by atoms with Crippen LogP contribution in [0.1, 0.15) is 75.2 Å². The zero-order chi connectivity index (χ0) is 37.2. The molecule has 0 aliphatic carbocycles. The number of nitrogens with one attached hydrogen (secondary N) is 3. The lowest BCUT2D eigenvalue weighted by molar-refractivity contribution is -0.132. The van der Waals surface area contributed by atoms with E-state index in [1.807, 2.05) is 17.9 Å². The van der Waals surface area contributed by atoms with Gasteiger partial charge in [0.1, 0.15) is 11.6 Å². The van der Waals surface area contributed by atoms with Crippen molar-refractivity contribution in [2.75, 3.05) is 26.9 Å². The predicted octanol–water partition coefficient (Wildman–Crippen LogP) is 9.54. The average Bonchev–Trinajstić information content (AvgIpc) is 3.96. The van der Waals surface area contributed by atoms with E-state index in [0.29, 0.717) is 19.7 Å². The molecule has 1 unspecified atom stereocenters. The Morgan fingerprint density at radius 2 is 1.59 bits per heavy atom. The molecule has 0 saturated carbocycles. The highest BCUT2D eigenvalue weighted by atomic mass is 16.5. The lowest BCUT2D eigenvalue weighted by Gasteiger charge is -2.33. The summed E-state index contributed by atoms with van der Waals surface area (Å²) in [6.45, 7) is 11.3. The van der Waals surface area contributed by atoms with Gasteiger partial charge in [-0.3, -0.25) is 10.1 Å². The number of carbonyl (C=O) groups excluding carboxylic acids is 1. The van der Waals surface area contributed by atoms with Crippen molar-refractivity contribution in [2.24, 2.45) is 0 Å². The number of rotatable bonds is 14. The molecule has 276 valence electrons. The van der Waals surface area contributed by atoms with E-state index < -0.39 is 0 Å². The SMILES string of the molecule is C=C(C(NCOC)c1ccccc1)N1CCC[C@H]1c1nc2c(ccc3cc(-c4ccc5c(ccc6[nH]c(CN(CCC)C(=O)CCC)nc65)c4)ccc32)[nH]1. The number of amides is 1. The van der Waals surface area contributed by atoms with Gasteiger partial charge in [0.2, 0.25) is 5.91 Å². The monoisotopic (exact) mass is 719 g/mol. The smallest absolute Gasteiger partial charge is 0.222 e. The number of ether oxygens (including phenoxy) is 1. The van der Waals surface area contributed by atoms with E-state index >= 15 is 0 Å². The van der Waals surface area contributed by atoms with Crippen LogP contribution in [0.2, 0.25) is 0 Å². The summed E-state index contributed by atoms with van der Waals surface area (Å²) in [6.07, 6.45) is 4.42. The number of hydrogen-bond donors (Lipinski definition) is 3. The molecule has 9 heteroatoms. The summed E-state index contributed by atoms with van der Waals surface area (Å²) in [5, 5.41) is 8.04. The lowest BCUT2D eigenvalue weighted by Crippen LogP contribution is -2.33. The molecule has 7 aromatic rings. The zero-order valence-corrected chi connectivity index (χ0v) is 31.5. The van der Waals surface area contributed by atoms with Crippen LogP contribution in [0.25, 0.3) is 54.7 Å². The maximum Gasteiger partial charge on any atom is 0.222 e. The van der Waals surface area contributed by atoms with E-state index in [9.17, 15) is 4.79 Å². The van der Waals surface area contributed by atoms with Gasteiger partial charge in [0.05, 0.1) is 47.4 Å². The molecule has 9 nitrogen and oxygen atoms in total. The highest BCUT2D eigenvalue weighted by Crippen LogP contribution is 2.39. The number of H-pyrrole nitrogens is 2. The van der Waals surface area contributed by atoms with Crippen molar-refractivity contribution in [3.63, 3.8) is 0 Å². The molecule has 1 amide bonds. The van der Waals surface area contributed by atoms with Gasteiger partial charge in [-0.1, -0.05) is 87.2 Å². The lowest BCUT2D eigenvalue weighted by atomic mass is 9.98.